The molecule has 0 aliphatic heterocycles. The lowest BCUT2D eigenvalue weighted by atomic mass is 10.0. The van der Waals surface area contributed by atoms with Crippen LogP contribution in [0.4, 0.5) is 5.13 Å². The normalized spacial score (nSPS) is 10.9. The van der Waals surface area contributed by atoms with Crippen molar-refractivity contribution in [3.8, 4) is 27.4 Å². The minimum atomic E-state index is -0.179. The lowest BCUT2D eigenvalue weighted by Gasteiger charge is -2.08. The smallest absolute Gasteiger partial charge is 0.257 e. The highest BCUT2D eigenvalue weighted by Gasteiger charge is 2.12. The first-order chi connectivity index (χ1) is 16.6. The summed E-state index contributed by atoms with van der Waals surface area (Å²) in [7, 11) is 0. The van der Waals surface area contributed by atoms with Crippen molar-refractivity contribution in [1.82, 2.24) is 10.1 Å². The molecule has 0 saturated carbocycles. The number of thiophene rings is 1. The van der Waals surface area contributed by atoms with Gasteiger partial charge in [0.2, 0.25) is 0 Å². The van der Waals surface area contributed by atoms with Crippen molar-refractivity contribution in [3.05, 3.63) is 94.0 Å². The highest BCUT2D eigenvalue weighted by Crippen LogP contribution is 2.29. The van der Waals surface area contributed by atoms with Crippen LogP contribution in [0.2, 0.25) is 0 Å². The molecule has 0 fully saturated rings. The molecular weight excluding hydrogens is 466 g/mol. The lowest BCUT2D eigenvalue weighted by molar-refractivity contribution is 0.102. The summed E-state index contributed by atoms with van der Waals surface area (Å²) in [6.45, 7) is 4.20. The van der Waals surface area contributed by atoms with Gasteiger partial charge in [-0.15, -0.1) is 22.7 Å². The van der Waals surface area contributed by atoms with Crippen LogP contribution in [-0.2, 0) is 6.61 Å². The van der Waals surface area contributed by atoms with Crippen molar-refractivity contribution in [3.63, 3.8) is 0 Å². The molecule has 170 valence electrons. The standard InChI is InChI=1S/C26H21N3O3S2/c1-16-22(17(2)32-29-16)14-31-21-11-9-19(10-12-21)18-5-7-20(8-6-18)25(30)28-26-27-23(15-34-26)24-4-3-13-33-24/h3-13,15H,14H2,1-2H3,(H,27,28,30). The number of anilines is 1. The third kappa shape index (κ3) is 4.78. The van der Waals surface area contributed by atoms with Gasteiger partial charge >= 0.3 is 0 Å². The Morgan fingerprint density at radius 3 is 2.38 bits per heavy atom. The molecule has 2 aromatic carbocycles. The summed E-state index contributed by atoms with van der Waals surface area (Å²) < 4.78 is 11.1. The van der Waals surface area contributed by atoms with Crippen LogP contribution in [0.5, 0.6) is 5.75 Å². The predicted octanol–water partition coefficient (Wildman–Crippen LogP) is 6.97. The van der Waals surface area contributed by atoms with Crippen molar-refractivity contribution in [2.24, 2.45) is 0 Å². The summed E-state index contributed by atoms with van der Waals surface area (Å²) in [4.78, 5) is 18.2. The first-order valence-corrected chi connectivity index (χ1v) is 12.4. The number of carbonyl (C=O) groups excluding carboxylic acids is 1. The molecule has 0 unspecified atom stereocenters. The Kier molecular flexibility index (Phi) is 6.24. The molecule has 0 spiro atoms. The molecule has 6 nitrogen and oxygen atoms in total. The number of ether oxygens (including phenoxy) is 1. The predicted molar refractivity (Wildman–Crippen MR) is 136 cm³/mol. The van der Waals surface area contributed by atoms with Crippen molar-refractivity contribution in [2.45, 2.75) is 20.5 Å². The highest BCUT2D eigenvalue weighted by atomic mass is 32.1. The summed E-state index contributed by atoms with van der Waals surface area (Å²) in [5.41, 5.74) is 5.33. The fourth-order valence-corrected chi connectivity index (χ4v) is 4.93. The number of thiazole rings is 1. The molecule has 5 rings (SSSR count). The first-order valence-electron chi connectivity index (χ1n) is 10.6. The zero-order valence-corrected chi connectivity index (χ0v) is 20.2. The Hall–Kier alpha value is -3.75. The number of amides is 1. The number of hydrogen-bond donors (Lipinski definition) is 1. The maximum Gasteiger partial charge on any atom is 0.257 e. The van der Waals surface area contributed by atoms with E-state index < -0.39 is 0 Å². The van der Waals surface area contributed by atoms with Gasteiger partial charge in [-0.3, -0.25) is 10.1 Å². The molecule has 8 heteroatoms. The third-order valence-electron chi connectivity index (χ3n) is 5.40. The van der Waals surface area contributed by atoms with E-state index in [2.05, 4.69) is 15.5 Å². The molecule has 0 aliphatic carbocycles. The fraction of sp³-hybridized carbons (Fsp3) is 0.115. The fourth-order valence-electron chi connectivity index (χ4n) is 3.46. The van der Waals surface area contributed by atoms with Crippen molar-refractivity contribution >= 4 is 33.7 Å². The molecule has 0 saturated heterocycles. The van der Waals surface area contributed by atoms with Gasteiger partial charge in [0.15, 0.2) is 5.13 Å². The Morgan fingerprint density at radius 1 is 1.00 bits per heavy atom. The van der Waals surface area contributed by atoms with Crippen LogP contribution < -0.4 is 10.1 Å². The number of carbonyl (C=O) groups is 1. The van der Waals surface area contributed by atoms with Gasteiger partial charge in [-0.1, -0.05) is 35.5 Å². The second-order valence-corrected chi connectivity index (χ2v) is 9.47. The van der Waals surface area contributed by atoms with Crippen molar-refractivity contribution < 1.29 is 14.1 Å². The quantitative estimate of drug-likeness (QED) is 0.268. The zero-order valence-electron chi connectivity index (χ0n) is 18.6. The second kappa shape index (κ2) is 9.62. The summed E-state index contributed by atoms with van der Waals surface area (Å²) in [6.07, 6.45) is 0. The number of rotatable bonds is 7. The van der Waals surface area contributed by atoms with Crippen LogP contribution in [0.1, 0.15) is 27.4 Å². The molecular formula is C26H21N3O3S2. The molecule has 3 heterocycles. The maximum absolute atomic E-state index is 12.7. The topological polar surface area (TPSA) is 77.2 Å². The summed E-state index contributed by atoms with van der Waals surface area (Å²) in [6, 6.07) is 19.4. The number of aromatic nitrogens is 2. The van der Waals surface area contributed by atoms with Crippen LogP contribution in [0.25, 0.3) is 21.7 Å². The maximum atomic E-state index is 12.7. The monoisotopic (exact) mass is 487 g/mol. The van der Waals surface area contributed by atoms with Crippen LogP contribution in [0.15, 0.2) is 75.9 Å². The second-order valence-electron chi connectivity index (χ2n) is 7.66. The number of nitrogens with zero attached hydrogens (tertiary/aromatic N) is 2. The van der Waals surface area contributed by atoms with Gasteiger partial charge in [0.05, 0.1) is 21.8 Å². The zero-order chi connectivity index (χ0) is 23.5. The number of hydrogen-bond acceptors (Lipinski definition) is 7. The van der Waals surface area contributed by atoms with Crippen LogP contribution in [0.3, 0.4) is 0 Å². The number of aryl methyl sites for hydroxylation is 2. The molecule has 0 bridgehead atoms. The molecule has 34 heavy (non-hydrogen) atoms. The molecule has 5 aromatic rings. The van der Waals surface area contributed by atoms with E-state index in [1.54, 1.807) is 11.3 Å². The first kappa shape index (κ1) is 22.1. The van der Waals surface area contributed by atoms with E-state index >= 15 is 0 Å². The average Bonchev–Trinajstić information content (AvgIpc) is 3.61. The van der Waals surface area contributed by atoms with E-state index in [9.17, 15) is 4.79 Å². The third-order valence-corrected chi connectivity index (χ3v) is 7.05. The van der Waals surface area contributed by atoms with Crippen LogP contribution in [-0.4, -0.2) is 16.0 Å². The van der Waals surface area contributed by atoms with E-state index in [4.69, 9.17) is 9.26 Å². The Labute approximate surface area is 204 Å². The molecule has 0 radical (unpaired) electrons. The van der Waals surface area contributed by atoms with Crippen molar-refractivity contribution in [1.29, 1.82) is 0 Å². The van der Waals surface area contributed by atoms with Gasteiger partial charge < -0.3 is 9.26 Å². The van der Waals surface area contributed by atoms with Gasteiger partial charge in [-0.25, -0.2) is 4.98 Å². The Balaban J connectivity index is 1.21. The summed E-state index contributed by atoms with van der Waals surface area (Å²) in [5, 5.41) is 11.4. The van der Waals surface area contributed by atoms with E-state index in [0.717, 1.165) is 44.5 Å². The molecule has 1 N–H and O–H groups in total. The molecule has 3 aromatic heterocycles. The van der Waals surface area contributed by atoms with Gasteiger partial charge in [0.1, 0.15) is 18.1 Å². The van der Waals surface area contributed by atoms with Gasteiger partial charge in [0, 0.05) is 10.9 Å². The van der Waals surface area contributed by atoms with E-state index in [-0.39, 0.29) is 5.91 Å². The van der Waals surface area contributed by atoms with Gasteiger partial charge in [-0.2, -0.15) is 0 Å². The summed E-state index contributed by atoms with van der Waals surface area (Å²) in [5.74, 6) is 1.36. The van der Waals surface area contributed by atoms with Gasteiger partial charge in [0.25, 0.3) is 5.91 Å². The minimum absolute atomic E-state index is 0.179. The Bertz CT molecular complexity index is 1380. The molecule has 0 atom stereocenters. The number of nitrogens with one attached hydrogen (secondary N) is 1. The Morgan fingerprint density at radius 2 is 1.74 bits per heavy atom. The SMILES string of the molecule is Cc1noc(C)c1COc1ccc(-c2ccc(C(=O)Nc3nc(-c4cccs4)cs3)cc2)cc1. The van der Waals surface area contributed by atoms with Gasteiger partial charge in [-0.05, 0) is 60.7 Å². The van der Waals surface area contributed by atoms with E-state index in [1.165, 1.54) is 11.3 Å². The lowest BCUT2D eigenvalue weighted by Crippen LogP contribution is -2.11. The van der Waals surface area contributed by atoms with E-state index in [1.807, 2.05) is 85.3 Å². The largest absolute Gasteiger partial charge is 0.489 e. The molecule has 0 aliphatic rings. The van der Waals surface area contributed by atoms with Crippen molar-refractivity contribution in [2.75, 3.05) is 5.32 Å². The minimum Gasteiger partial charge on any atom is -0.489 e. The molecule has 1 amide bonds. The van der Waals surface area contributed by atoms with Crippen LogP contribution in [0, 0.1) is 13.8 Å². The average molecular weight is 488 g/mol. The van der Waals surface area contributed by atoms with E-state index in [0.29, 0.717) is 17.3 Å². The number of benzene rings is 2. The van der Waals surface area contributed by atoms with Crippen LogP contribution >= 0.6 is 22.7 Å². The summed E-state index contributed by atoms with van der Waals surface area (Å²) >= 11 is 3.04. The highest BCUT2D eigenvalue weighted by molar-refractivity contribution is 7.16.